The van der Waals surface area contributed by atoms with Gasteiger partial charge in [0.15, 0.2) is 0 Å². The third-order valence-electron chi connectivity index (χ3n) is 2.37. The van der Waals surface area contributed by atoms with Crippen molar-refractivity contribution in [2.24, 2.45) is 0 Å². The topological polar surface area (TPSA) is 12.0 Å². The second-order valence-corrected chi connectivity index (χ2v) is 5.86. The van der Waals surface area contributed by atoms with Gasteiger partial charge in [0.25, 0.3) is 0 Å². The smallest absolute Gasteiger partial charge is 0.0931 e. The average molecular weight is 258 g/mol. The van der Waals surface area contributed by atoms with Crippen LogP contribution in [0.15, 0.2) is 22.9 Å². The van der Waals surface area contributed by atoms with Gasteiger partial charge in [-0.25, -0.2) is 0 Å². The van der Waals surface area contributed by atoms with E-state index in [1.54, 1.807) is 22.7 Å². The third-order valence-corrected chi connectivity index (χ3v) is 4.55. The van der Waals surface area contributed by atoms with Crippen molar-refractivity contribution in [3.63, 3.8) is 0 Å². The molecule has 0 amide bonds. The molecule has 1 unspecified atom stereocenters. The van der Waals surface area contributed by atoms with Crippen LogP contribution < -0.4 is 5.32 Å². The highest BCUT2D eigenvalue weighted by molar-refractivity contribution is 7.16. The van der Waals surface area contributed by atoms with Crippen LogP contribution in [0.3, 0.4) is 0 Å². The number of nitrogens with one attached hydrogen (secondary N) is 1. The molecule has 1 nitrogen and oxygen atoms in total. The number of rotatable bonds is 3. The second kappa shape index (κ2) is 4.66. The summed E-state index contributed by atoms with van der Waals surface area (Å²) in [5.74, 6) is 0. The Morgan fingerprint density at radius 1 is 1.33 bits per heavy atom. The monoisotopic (exact) mass is 257 g/mol. The van der Waals surface area contributed by atoms with E-state index in [2.05, 4.69) is 29.1 Å². The van der Waals surface area contributed by atoms with Crippen molar-refractivity contribution in [1.29, 1.82) is 0 Å². The first-order valence-electron chi connectivity index (χ1n) is 4.67. The molecule has 2 heterocycles. The molecule has 0 aliphatic rings. The van der Waals surface area contributed by atoms with Crippen molar-refractivity contribution in [3.05, 3.63) is 43.2 Å². The Labute approximate surface area is 103 Å². The number of hydrogen-bond acceptors (Lipinski definition) is 3. The van der Waals surface area contributed by atoms with E-state index in [0.29, 0.717) is 0 Å². The fourth-order valence-corrected chi connectivity index (χ4v) is 3.67. The molecular weight excluding hydrogens is 246 g/mol. The zero-order valence-electron chi connectivity index (χ0n) is 8.58. The van der Waals surface area contributed by atoms with Gasteiger partial charge in [0.2, 0.25) is 0 Å². The summed E-state index contributed by atoms with van der Waals surface area (Å²) >= 11 is 9.33. The molecule has 0 aliphatic carbocycles. The summed E-state index contributed by atoms with van der Waals surface area (Å²) in [6.07, 6.45) is 0. The van der Waals surface area contributed by atoms with Gasteiger partial charge >= 0.3 is 0 Å². The lowest BCUT2D eigenvalue weighted by Crippen LogP contribution is -2.16. The maximum Gasteiger partial charge on any atom is 0.0931 e. The standard InChI is InChI=1S/C11H12ClNS2/c1-7-5-14-6-8(7)11(13-2)9-3-4-10(12)15-9/h3-6,11,13H,1-2H3. The highest BCUT2D eigenvalue weighted by Crippen LogP contribution is 2.33. The lowest BCUT2D eigenvalue weighted by Gasteiger charge is -2.14. The van der Waals surface area contributed by atoms with Crippen LogP contribution in [0.4, 0.5) is 0 Å². The van der Waals surface area contributed by atoms with Gasteiger partial charge in [-0.15, -0.1) is 11.3 Å². The lowest BCUT2D eigenvalue weighted by molar-refractivity contribution is 0.702. The minimum Gasteiger partial charge on any atom is -0.309 e. The Balaban J connectivity index is 2.36. The molecule has 0 radical (unpaired) electrons. The molecular formula is C11H12ClNS2. The first kappa shape index (κ1) is 11.1. The first-order valence-corrected chi connectivity index (χ1v) is 6.81. The zero-order valence-corrected chi connectivity index (χ0v) is 11.0. The Kier molecular flexibility index (Phi) is 3.46. The molecule has 1 N–H and O–H groups in total. The minimum atomic E-state index is 0.272. The fourth-order valence-electron chi connectivity index (χ4n) is 1.60. The third kappa shape index (κ3) is 2.26. The molecule has 0 aromatic carbocycles. The number of aryl methyl sites for hydroxylation is 1. The SMILES string of the molecule is CNC(c1ccc(Cl)s1)c1cscc1C. The van der Waals surface area contributed by atoms with Crippen molar-refractivity contribution in [2.45, 2.75) is 13.0 Å². The molecule has 0 bridgehead atoms. The van der Waals surface area contributed by atoms with Gasteiger partial charge in [0.1, 0.15) is 0 Å². The van der Waals surface area contributed by atoms with Gasteiger partial charge in [-0.3, -0.25) is 0 Å². The predicted molar refractivity (Wildman–Crippen MR) is 69.3 cm³/mol. The molecule has 0 spiro atoms. The summed E-state index contributed by atoms with van der Waals surface area (Å²) < 4.78 is 0.845. The van der Waals surface area contributed by atoms with Crippen LogP contribution in [0, 0.1) is 6.92 Å². The van der Waals surface area contributed by atoms with E-state index in [9.17, 15) is 0 Å². The van der Waals surface area contributed by atoms with Crippen LogP contribution in [0.25, 0.3) is 0 Å². The Bertz CT molecular complexity index is 447. The van der Waals surface area contributed by atoms with Crippen molar-refractivity contribution >= 4 is 34.3 Å². The van der Waals surface area contributed by atoms with Crippen molar-refractivity contribution in [3.8, 4) is 0 Å². The number of thiophene rings is 2. The molecule has 0 saturated carbocycles. The highest BCUT2D eigenvalue weighted by Gasteiger charge is 2.16. The minimum absolute atomic E-state index is 0.272. The molecule has 0 aliphatic heterocycles. The molecule has 4 heteroatoms. The summed E-state index contributed by atoms with van der Waals surface area (Å²) in [5, 5.41) is 7.71. The lowest BCUT2D eigenvalue weighted by atomic mass is 10.1. The molecule has 80 valence electrons. The fraction of sp³-hybridized carbons (Fsp3) is 0.273. The molecule has 2 aromatic rings. The van der Waals surface area contributed by atoms with E-state index in [-0.39, 0.29) is 6.04 Å². The quantitative estimate of drug-likeness (QED) is 0.874. The highest BCUT2D eigenvalue weighted by atomic mass is 35.5. The van der Waals surface area contributed by atoms with Crippen LogP contribution in [0.5, 0.6) is 0 Å². The van der Waals surface area contributed by atoms with Crippen LogP contribution in [-0.2, 0) is 0 Å². The molecule has 1 atom stereocenters. The van der Waals surface area contributed by atoms with E-state index in [0.717, 1.165) is 4.34 Å². The predicted octanol–water partition coefficient (Wildman–Crippen LogP) is 4.08. The van der Waals surface area contributed by atoms with E-state index < -0.39 is 0 Å². The van der Waals surface area contributed by atoms with Gasteiger partial charge in [0.05, 0.1) is 10.4 Å². The van der Waals surface area contributed by atoms with Crippen molar-refractivity contribution < 1.29 is 0 Å². The molecule has 2 aromatic heterocycles. The van der Waals surface area contributed by atoms with E-state index in [1.807, 2.05) is 13.1 Å². The van der Waals surface area contributed by atoms with Crippen LogP contribution in [0.1, 0.15) is 22.0 Å². The summed E-state index contributed by atoms with van der Waals surface area (Å²) in [4.78, 5) is 1.27. The Hall–Kier alpha value is -0.350. The van der Waals surface area contributed by atoms with Crippen LogP contribution in [-0.4, -0.2) is 7.05 Å². The normalized spacial score (nSPS) is 13.0. The van der Waals surface area contributed by atoms with Crippen molar-refractivity contribution in [2.75, 3.05) is 7.05 Å². The van der Waals surface area contributed by atoms with Gasteiger partial charge < -0.3 is 5.32 Å². The number of halogens is 1. The average Bonchev–Trinajstić information content (AvgIpc) is 2.79. The number of hydrogen-bond donors (Lipinski definition) is 1. The van der Waals surface area contributed by atoms with E-state index in [4.69, 9.17) is 11.6 Å². The van der Waals surface area contributed by atoms with Crippen LogP contribution >= 0.6 is 34.3 Å². The first-order chi connectivity index (χ1) is 7.22. The largest absolute Gasteiger partial charge is 0.309 e. The zero-order chi connectivity index (χ0) is 10.8. The molecule has 0 fully saturated rings. The Morgan fingerprint density at radius 3 is 2.60 bits per heavy atom. The van der Waals surface area contributed by atoms with E-state index >= 15 is 0 Å². The molecule has 2 rings (SSSR count). The molecule has 15 heavy (non-hydrogen) atoms. The summed E-state index contributed by atoms with van der Waals surface area (Å²) in [5.41, 5.74) is 2.69. The molecule has 0 saturated heterocycles. The van der Waals surface area contributed by atoms with Crippen LogP contribution in [0.2, 0.25) is 4.34 Å². The Morgan fingerprint density at radius 2 is 2.13 bits per heavy atom. The van der Waals surface area contributed by atoms with Crippen molar-refractivity contribution in [1.82, 2.24) is 5.32 Å². The summed E-state index contributed by atoms with van der Waals surface area (Å²) in [6, 6.07) is 4.31. The van der Waals surface area contributed by atoms with Gasteiger partial charge in [-0.2, -0.15) is 11.3 Å². The second-order valence-electron chi connectivity index (χ2n) is 3.37. The van der Waals surface area contributed by atoms with Gasteiger partial charge in [-0.05, 0) is 48.0 Å². The summed E-state index contributed by atoms with van der Waals surface area (Å²) in [6.45, 7) is 2.14. The van der Waals surface area contributed by atoms with Gasteiger partial charge in [-0.1, -0.05) is 11.6 Å². The van der Waals surface area contributed by atoms with E-state index in [1.165, 1.54) is 16.0 Å². The maximum absolute atomic E-state index is 5.96. The van der Waals surface area contributed by atoms with Gasteiger partial charge in [0, 0.05) is 4.88 Å². The summed E-state index contributed by atoms with van der Waals surface area (Å²) in [7, 11) is 1.98. The maximum atomic E-state index is 5.96.